The van der Waals surface area contributed by atoms with E-state index in [1.54, 1.807) is 6.07 Å². The molecule has 19 heavy (non-hydrogen) atoms. The van der Waals surface area contributed by atoms with Crippen LogP contribution in [0.4, 0.5) is 0 Å². The summed E-state index contributed by atoms with van der Waals surface area (Å²) >= 11 is 3.18. The van der Waals surface area contributed by atoms with Gasteiger partial charge in [0, 0.05) is 26.8 Å². The number of hydrogen-bond donors (Lipinski definition) is 1. The van der Waals surface area contributed by atoms with Gasteiger partial charge in [-0.1, -0.05) is 15.9 Å². The molecular formula is C12H13BrClNO3S. The van der Waals surface area contributed by atoms with Crippen LogP contribution in [0.15, 0.2) is 27.6 Å². The van der Waals surface area contributed by atoms with Gasteiger partial charge in [0.2, 0.25) is 0 Å². The van der Waals surface area contributed by atoms with E-state index in [1.807, 2.05) is 6.92 Å². The highest BCUT2D eigenvalue weighted by molar-refractivity contribution is 9.10. The summed E-state index contributed by atoms with van der Waals surface area (Å²) in [5, 5.41) is 2.87. The first kappa shape index (κ1) is 14.8. The third-order valence-electron chi connectivity index (χ3n) is 3.10. The Morgan fingerprint density at radius 3 is 2.58 bits per heavy atom. The van der Waals surface area contributed by atoms with Gasteiger partial charge in [-0.3, -0.25) is 4.79 Å². The largest absolute Gasteiger partial charge is 0.349 e. The van der Waals surface area contributed by atoms with Gasteiger partial charge in [0.05, 0.1) is 4.90 Å². The Bertz CT molecular complexity index is 613. The Hall–Kier alpha value is -0.590. The summed E-state index contributed by atoms with van der Waals surface area (Å²) in [6.07, 6.45) is 2.25. The minimum absolute atomic E-state index is 0.0900. The highest BCUT2D eigenvalue weighted by atomic mass is 79.9. The molecule has 1 aliphatic carbocycles. The first-order chi connectivity index (χ1) is 8.77. The lowest BCUT2D eigenvalue weighted by atomic mass is 10.1. The molecule has 0 saturated heterocycles. The zero-order valence-corrected chi connectivity index (χ0v) is 13.3. The molecule has 1 aliphatic rings. The Morgan fingerprint density at radius 1 is 1.42 bits per heavy atom. The Kier molecular flexibility index (Phi) is 4.23. The monoisotopic (exact) mass is 365 g/mol. The maximum absolute atomic E-state index is 12.0. The molecule has 0 radical (unpaired) electrons. The zero-order chi connectivity index (χ0) is 14.2. The van der Waals surface area contributed by atoms with Crippen LogP contribution in [0.3, 0.4) is 0 Å². The average Bonchev–Trinajstić information content (AvgIpc) is 3.10. The first-order valence-electron chi connectivity index (χ1n) is 5.83. The normalized spacial score (nSPS) is 17.0. The van der Waals surface area contributed by atoms with Gasteiger partial charge < -0.3 is 5.32 Å². The van der Waals surface area contributed by atoms with Crippen molar-refractivity contribution in [2.75, 3.05) is 0 Å². The van der Waals surface area contributed by atoms with E-state index in [-0.39, 0.29) is 22.4 Å². The minimum atomic E-state index is -3.85. The van der Waals surface area contributed by atoms with Crippen LogP contribution in [0.1, 0.15) is 30.1 Å². The number of carbonyl (C=O) groups is 1. The predicted octanol–water partition coefficient (Wildman–Crippen LogP) is 2.90. The van der Waals surface area contributed by atoms with Crippen LogP contribution in [-0.4, -0.2) is 20.4 Å². The lowest BCUT2D eigenvalue weighted by Gasteiger charge is -2.13. The maximum atomic E-state index is 12.0. The van der Waals surface area contributed by atoms with Crippen molar-refractivity contribution in [3.63, 3.8) is 0 Å². The highest BCUT2D eigenvalue weighted by Gasteiger charge is 2.29. The third-order valence-corrected chi connectivity index (χ3v) is 4.89. The molecule has 1 N–H and O–H groups in total. The fourth-order valence-corrected chi connectivity index (χ4v) is 3.29. The highest BCUT2D eigenvalue weighted by Crippen LogP contribution is 2.32. The SMILES string of the molecule is CC(NC(=O)c1cc(Br)cc(S(=O)(=O)Cl)c1)C1CC1. The van der Waals surface area contributed by atoms with E-state index in [4.69, 9.17) is 10.7 Å². The van der Waals surface area contributed by atoms with Crippen molar-refractivity contribution in [2.24, 2.45) is 5.92 Å². The van der Waals surface area contributed by atoms with Gasteiger partial charge in [0.1, 0.15) is 0 Å². The Balaban J connectivity index is 2.23. The molecule has 1 atom stereocenters. The van der Waals surface area contributed by atoms with Gasteiger partial charge in [-0.05, 0) is 43.9 Å². The molecule has 0 spiro atoms. The van der Waals surface area contributed by atoms with Crippen molar-refractivity contribution in [1.82, 2.24) is 5.32 Å². The second-order valence-electron chi connectivity index (χ2n) is 4.71. The van der Waals surface area contributed by atoms with E-state index < -0.39 is 9.05 Å². The molecule has 0 aliphatic heterocycles. The molecule has 0 aromatic heterocycles. The molecule has 0 bridgehead atoms. The molecule has 1 amide bonds. The lowest BCUT2D eigenvalue weighted by molar-refractivity contribution is 0.0935. The lowest BCUT2D eigenvalue weighted by Crippen LogP contribution is -2.34. The average molecular weight is 367 g/mol. The van der Waals surface area contributed by atoms with Gasteiger partial charge in [-0.2, -0.15) is 0 Å². The van der Waals surface area contributed by atoms with Crippen LogP contribution in [0, 0.1) is 5.92 Å². The molecule has 1 fully saturated rings. The van der Waals surface area contributed by atoms with Gasteiger partial charge in [-0.15, -0.1) is 0 Å². The summed E-state index contributed by atoms with van der Waals surface area (Å²) in [6, 6.07) is 4.31. The van der Waals surface area contributed by atoms with Crippen molar-refractivity contribution in [3.05, 3.63) is 28.2 Å². The van der Waals surface area contributed by atoms with Crippen molar-refractivity contribution in [2.45, 2.75) is 30.7 Å². The topological polar surface area (TPSA) is 63.2 Å². The molecular weight excluding hydrogens is 354 g/mol. The number of hydrogen-bond acceptors (Lipinski definition) is 3. The number of carbonyl (C=O) groups excluding carboxylic acids is 1. The second-order valence-corrected chi connectivity index (χ2v) is 8.19. The van der Waals surface area contributed by atoms with E-state index in [0.717, 1.165) is 12.8 Å². The van der Waals surface area contributed by atoms with E-state index in [2.05, 4.69) is 21.2 Å². The van der Waals surface area contributed by atoms with Crippen molar-refractivity contribution >= 4 is 41.6 Å². The standard InChI is InChI=1S/C12H13BrClNO3S/c1-7(8-2-3-8)15-12(16)9-4-10(13)6-11(5-9)19(14,17)18/h4-8H,2-3H2,1H3,(H,15,16). The third kappa shape index (κ3) is 3.94. The maximum Gasteiger partial charge on any atom is 0.261 e. The van der Waals surface area contributed by atoms with Crippen LogP contribution < -0.4 is 5.32 Å². The quantitative estimate of drug-likeness (QED) is 0.833. The predicted molar refractivity (Wildman–Crippen MR) is 76.8 cm³/mol. The fourth-order valence-electron chi connectivity index (χ4n) is 1.84. The molecule has 4 nitrogen and oxygen atoms in total. The van der Waals surface area contributed by atoms with Crippen LogP contribution in [-0.2, 0) is 9.05 Å². The minimum Gasteiger partial charge on any atom is -0.349 e. The van der Waals surface area contributed by atoms with Crippen molar-refractivity contribution < 1.29 is 13.2 Å². The van der Waals surface area contributed by atoms with E-state index in [9.17, 15) is 13.2 Å². The molecule has 104 valence electrons. The van der Waals surface area contributed by atoms with Gasteiger partial charge in [0.15, 0.2) is 0 Å². The number of benzene rings is 1. The summed E-state index contributed by atoms with van der Waals surface area (Å²) in [5.41, 5.74) is 0.279. The van der Waals surface area contributed by atoms with Crippen molar-refractivity contribution in [1.29, 1.82) is 0 Å². The van der Waals surface area contributed by atoms with Gasteiger partial charge in [0.25, 0.3) is 15.0 Å². The molecule has 7 heteroatoms. The molecule has 1 aromatic carbocycles. The molecule has 0 heterocycles. The van der Waals surface area contributed by atoms with Crippen LogP contribution in [0.5, 0.6) is 0 Å². The van der Waals surface area contributed by atoms with E-state index >= 15 is 0 Å². The second kappa shape index (κ2) is 5.42. The zero-order valence-electron chi connectivity index (χ0n) is 10.2. The Morgan fingerprint density at radius 2 is 2.05 bits per heavy atom. The van der Waals surface area contributed by atoms with Crippen LogP contribution in [0.2, 0.25) is 0 Å². The van der Waals surface area contributed by atoms with Crippen LogP contribution >= 0.6 is 26.6 Å². The summed E-state index contributed by atoms with van der Waals surface area (Å²) in [5.74, 6) is 0.245. The summed E-state index contributed by atoms with van der Waals surface area (Å²) in [4.78, 5) is 12.0. The number of nitrogens with one attached hydrogen (secondary N) is 1. The van der Waals surface area contributed by atoms with Gasteiger partial charge in [-0.25, -0.2) is 8.42 Å². The molecule has 1 aromatic rings. The Labute approximate surface area is 125 Å². The molecule has 2 rings (SSSR count). The summed E-state index contributed by atoms with van der Waals surface area (Å²) < 4.78 is 23.1. The van der Waals surface area contributed by atoms with E-state index in [0.29, 0.717) is 10.4 Å². The van der Waals surface area contributed by atoms with Gasteiger partial charge >= 0.3 is 0 Å². The number of amides is 1. The molecule has 1 unspecified atom stereocenters. The van der Waals surface area contributed by atoms with Crippen molar-refractivity contribution in [3.8, 4) is 0 Å². The molecule has 1 saturated carbocycles. The van der Waals surface area contributed by atoms with E-state index in [1.165, 1.54) is 12.1 Å². The first-order valence-corrected chi connectivity index (χ1v) is 8.94. The smallest absolute Gasteiger partial charge is 0.261 e. The number of rotatable bonds is 4. The summed E-state index contributed by atoms with van der Waals surface area (Å²) in [7, 11) is 1.44. The number of halogens is 2. The fraction of sp³-hybridized carbons (Fsp3) is 0.417. The van der Waals surface area contributed by atoms with Crippen LogP contribution in [0.25, 0.3) is 0 Å². The summed E-state index contributed by atoms with van der Waals surface area (Å²) in [6.45, 7) is 1.95.